The first kappa shape index (κ1) is 15.5. The van der Waals surface area contributed by atoms with E-state index in [2.05, 4.69) is 13.8 Å². The third-order valence-electron chi connectivity index (χ3n) is 4.57. The average molecular weight is 279 g/mol. The Labute approximate surface area is 121 Å². The van der Waals surface area contributed by atoms with Gasteiger partial charge < -0.3 is 10.5 Å². The van der Waals surface area contributed by atoms with E-state index in [1.54, 1.807) is 12.1 Å². The van der Waals surface area contributed by atoms with E-state index >= 15 is 0 Å². The first-order valence-corrected chi connectivity index (χ1v) is 7.64. The molecule has 112 valence electrons. The summed E-state index contributed by atoms with van der Waals surface area (Å²) in [5, 5.41) is 0. The highest BCUT2D eigenvalue weighted by Gasteiger charge is 2.28. The van der Waals surface area contributed by atoms with Gasteiger partial charge in [-0.05, 0) is 55.7 Å². The molecule has 5 atom stereocenters. The van der Waals surface area contributed by atoms with Crippen molar-refractivity contribution in [1.82, 2.24) is 0 Å². The first-order chi connectivity index (χ1) is 9.47. The van der Waals surface area contributed by atoms with Crippen molar-refractivity contribution in [3.63, 3.8) is 0 Å². The molecule has 1 aromatic rings. The van der Waals surface area contributed by atoms with Gasteiger partial charge in [0.25, 0.3) is 0 Å². The zero-order chi connectivity index (χ0) is 14.7. The van der Waals surface area contributed by atoms with Crippen LogP contribution in [0.25, 0.3) is 0 Å². The first-order valence-electron chi connectivity index (χ1n) is 7.64. The molecule has 1 saturated carbocycles. The Kier molecular flexibility index (Phi) is 5.17. The molecule has 0 bridgehead atoms. The third-order valence-corrected chi connectivity index (χ3v) is 4.57. The van der Waals surface area contributed by atoms with Crippen molar-refractivity contribution >= 4 is 0 Å². The van der Waals surface area contributed by atoms with Crippen LogP contribution in [0, 0.1) is 17.7 Å². The van der Waals surface area contributed by atoms with Gasteiger partial charge in [0.05, 0.1) is 12.2 Å². The summed E-state index contributed by atoms with van der Waals surface area (Å²) in [5.41, 5.74) is 7.03. The fourth-order valence-electron chi connectivity index (χ4n) is 2.99. The fourth-order valence-corrected chi connectivity index (χ4v) is 2.99. The van der Waals surface area contributed by atoms with Crippen LogP contribution in [0.3, 0.4) is 0 Å². The molecule has 0 radical (unpaired) electrons. The smallest absolute Gasteiger partial charge is 0.123 e. The second-order valence-electron chi connectivity index (χ2n) is 6.36. The summed E-state index contributed by atoms with van der Waals surface area (Å²) in [6.07, 6.45) is 3.51. The zero-order valence-corrected chi connectivity index (χ0v) is 12.7. The van der Waals surface area contributed by atoms with E-state index in [-0.39, 0.29) is 24.1 Å². The zero-order valence-electron chi connectivity index (χ0n) is 12.7. The van der Waals surface area contributed by atoms with Gasteiger partial charge in [0.15, 0.2) is 0 Å². The molecule has 1 aliphatic carbocycles. The molecule has 0 aliphatic heterocycles. The van der Waals surface area contributed by atoms with Crippen molar-refractivity contribution in [2.24, 2.45) is 17.6 Å². The van der Waals surface area contributed by atoms with E-state index in [4.69, 9.17) is 10.5 Å². The maximum Gasteiger partial charge on any atom is 0.123 e. The Balaban J connectivity index is 2.04. The Morgan fingerprint density at radius 1 is 1.15 bits per heavy atom. The molecule has 2 nitrogen and oxygen atoms in total. The van der Waals surface area contributed by atoms with E-state index in [0.29, 0.717) is 5.92 Å². The SMILES string of the molecule is CC(N)C(OC1CCC(C)C(C)C1)c1ccc(F)cc1. The van der Waals surface area contributed by atoms with Crippen LogP contribution in [-0.2, 0) is 4.74 Å². The van der Waals surface area contributed by atoms with Crippen LogP contribution in [0.2, 0.25) is 0 Å². The second kappa shape index (κ2) is 6.68. The van der Waals surface area contributed by atoms with Crippen molar-refractivity contribution in [1.29, 1.82) is 0 Å². The summed E-state index contributed by atoms with van der Waals surface area (Å²) in [5.74, 6) is 1.24. The lowest BCUT2D eigenvalue weighted by Gasteiger charge is -2.35. The van der Waals surface area contributed by atoms with Gasteiger partial charge in [-0.1, -0.05) is 26.0 Å². The highest BCUT2D eigenvalue weighted by molar-refractivity contribution is 5.20. The second-order valence-corrected chi connectivity index (χ2v) is 6.36. The molecule has 0 heterocycles. The lowest BCUT2D eigenvalue weighted by Crippen LogP contribution is -2.34. The van der Waals surface area contributed by atoms with Gasteiger partial charge in [-0.25, -0.2) is 4.39 Å². The Morgan fingerprint density at radius 3 is 2.35 bits per heavy atom. The summed E-state index contributed by atoms with van der Waals surface area (Å²) in [7, 11) is 0. The van der Waals surface area contributed by atoms with Gasteiger partial charge in [-0.3, -0.25) is 0 Å². The van der Waals surface area contributed by atoms with Crippen LogP contribution < -0.4 is 5.73 Å². The molecule has 2 rings (SSSR count). The van der Waals surface area contributed by atoms with Crippen LogP contribution in [-0.4, -0.2) is 12.1 Å². The molecular formula is C17H26FNO. The molecule has 0 spiro atoms. The summed E-state index contributed by atoms with van der Waals surface area (Å²) in [4.78, 5) is 0. The van der Waals surface area contributed by atoms with E-state index in [0.717, 1.165) is 24.3 Å². The monoisotopic (exact) mass is 279 g/mol. The van der Waals surface area contributed by atoms with Crippen LogP contribution in [0.4, 0.5) is 4.39 Å². The number of ether oxygens (including phenoxy) is 1. The maximum absolute atomic E-state index is 13.0. The summed E-state index contributed by atoms with van der Waals surface area (Å²) >= 11 is 0. The maximum atomic E-state index is 13.0. The van der Waals surface area contributed by atoms with Crippen molar-refractivity contribution in [3.05, 3.63) is 35.6 Å². The van der Waals surface area contributed by atoms with Gasteiger partial charge in [0.1, 0.15) is 5.82 Å². The predicted molar refractivity (Wildman–Crippen MR) is 79.8 cm³/mol. The fraction of sp³-hybridized carbons (Fsp3) is 0.647. The summed E-state index contributed by atoms with van der Waals surface area (Å²) in [6, 6.07) is 6.39. The Morgan fingerprint density at radius 2 is 1.80 bits per heavy atom. The topological polar surface area (TPSA) is 35.2 Å². The molecule has 5 unspecified atom stereocenters. The minimum Gasteiger partial charge on any atom is -0.369 e. The van der Waals surface area contributed by atoms with E-state index in [1.807, 2.05) is 6.92 Å². The minimum absolute atomic E-state index is 0.102. The average Bonchev–Trinajstić information content (AvgIpc) is 2.41. The lowest BCUT2D eigenvalue weighted by molar-refractivity contribution is -0.0568. The molecule has 0 aromatic heterocycles. The third kappa shape index (κ3) is 3.80. The number of hydrogen-bond acceptors (Lipinski definition) is 2. The van der Waals surface area contributed by atoms with Crippen LogP contribution in [0.15, 0.2) is 24.3 Å². The Bertz CT molecular complexity index is 418. The van der Waals surface area contributed by atoms with E-state index in [1.165, 1.54) is 18.6 Å². The number of nitrogens with two attached hydrogens (primary N) is 1. The molecule has 0 amide bonds. The largest absolute Gasteiger partial charge is 0.369 e. The van der Waals surface area contributed by atoms with Crippen molar-refractivity contribution in [2.45, 2.75) is 58.3 Å². The lowest BCUT2D eigenvalue weighted by atomic mass is 9.80. The number of hydrogen-bond donors (Lipinski definition) is 1. The standard InChI is InChI=1S/C17H26FNO/c1-11-4-9-16(10-12(11)2)20-17(13(3)19)14-5-7-15(18)8-6-14/h5-8,11-13,16-17H,4,9-10,19H2,1-3H3. The van der Waals surface area contributed by atoms with Crippen LogP contribution >= 0.6 is 0 Å². The highest BCUT2D eigenvalue weighted by atomic mass is 19.1. The van der Waals surface area contributed by atoms with Gasteiger partial charge in [0.2, 0.25) is 0 Å². The molecule has 0 saturated heterocycles. The normalized spacial score (nSPS) is 29.9. The minimum atomic E-state index is -0.225. The van der Waals surface area contributed by atoms with Crippen LogP contribution in [0.1, 0.15) is 51.7 Å². The van der Waals surface area contributed by atoms with Crippen molar-refractivity contribution < 1.29 is 9.13 Å². The summed E-state index contributed by atoms with van der Waals surface area (Å²) < 4.78 is 19.3. The number of rotatable bonds is 4. The number of benzene rings is 1. The molecule has 1 fully saturated rings. The van der Waals surface area contributed by atoms with Crippen molar-refractivity contribution in [2.75, 3.05) is 0 Å². The van der Waals surface area contributed by atoms with Crippen molar-refractivity contribution in [3.8, 4) is 0 Å². The molecule has 1 aromatic carbocycles. The van der Waals surface area contributed by atoms with Gasteiger partial charge in [0, 0.05) is 6.04 Å². The highest BCUT2D eigenvalue weighted by Crippen LogP contribution is 2.34. The molecule has 20 heavy (non-hydrogen) atoms. The molecule has 3 heteroatoms. The number of halogens is 1. The predicted octanol–water partition coefficient (Wildman–Crippen LogP) is 4.06. The van der Waals surface area contributed by atoms with E-state index < -0.39 is 0 Å². The molecule has 2 N–H and O–H groups in total. The van der Waals surface area contributed by atoms with Gasteiger partial charge in [-0.2, -0.15) is 0 Å². The quantitative estimate of drug-likeness (QED) is 0.902. The summed E-state index contributed by atoms with van der Waals surface area (Å²) in [6.45, 7) is 6.55. The van der Waals surface area contributed by atoms with Gasteiger partial charge >= 0.3 is 0 Å². The Hall–Kier alpha value is -0.930. The molecule has 1 aliphatic rings. The van der Waals surface area contributed by atoms with Crippen LogP contribution in [0.5, 0.6) is 0 Å². The van der Waals surface area contributed by atoms with Gasteiger partial charge in [-0.15, -0.1) is 0 Å². The van der Waals surface area contributed by atoms with E-state index in [9.17, 15) is 4.39 Å². The molecular weight excluding hydrogens is 253 g/mol.